The average molecular weight is 428 g/mol. The molecule has 4 heterocycles. The second kappa shape index (κ2) is 8.36. The van der Waals surface area contributed by atoms with Crippen LogP contribution in [0.1, 0.15) is 32.9 Å². The second-order valence-corrected chi connectivity index (χ2v) is 9.27. The third kappa shape index (κ3) is 4.10. The van der Waals surface area contributed by atoms with E-state index in [-0.39, 0.29) is 5.54 Å². The molecule has 0 atom stereocenters. The van der Waals surface area contributed by atoms with Gasteiger partial charge in [-0.25, -0.2) is 0 Å². The fourth-order valence-electron chi connectivity index (χ4n) is 4.33. The lowest BCUT2D eigenvalue weighted by atomic mass is 9.96. The minimum absolute atomic E-state index is 0.0837. The first-order valence-corrected chi connectivity index (χ1v) is 11.3. The molecule has 0 bridgehead atoms. The van der Waals surface area contributed by atoms with Crippen LogP contribution < -0.4 is 10.1 Å². The van der Waals surface area contributed by atoms with E-state index >= 15 is 0 Å². The van der Waals surface area contributed by atoms with Crippen molar-refractivity contribution in [3.8, 4) is 28.3 Å². The summed E-state index contributed by atoms with van der Waals surface area (Å²) in [4.78, 5) is 9.22. The molecule has 1 N–H and O–H groups in total. The van der Waals surface area contributed by atoms with E-state index in [2.05, 4.69) is 52.9 Å². The predicted octanol–water partition coefficient (Wildman–Crippen LogP) is 4.87. The maximum absolute atomic E-state index is 5.98. The van der Waals surface area contributed by atoms with E-state index in [1.165, 1.54) is 11.3 Å². The third-order valence-corrected chi connectivity index (χ3v) is 5.76. The van der Waals surface area contributed by atoms with Crippen LogP contribution in [-0.2, 0) is 13.0 Å². The summed E-state index contributed by atoms with van der Waals surface area (Å²) in [5, 5.41) is 9.48. The Morgan fingerprint density at radius 1 is 1.06 bits per heavy atom. The highest BCUT2D eigenvalue weighted by atomic mass is 16.5. The molecule has 0 unspecified atom stereocenters. The van der Waals surface area contributed by atoms with Crippen molar-refractivity contribution in [2.45, 2.75) is 45.7 Å². The fraction of sp³-hybridized carbons (Fsp3) is 0.346. The van der Waals surface area contributed by atoms with Crippen LogP contribution in [0.3, 0.4) is 0 Å². The van der Waals surface area contributed by atoms with Gasteiger partial charge in [0.2, 0.25) is 0 Å². The van der Waals surface area contributed by atoms with Crippen LogP contribution in [0, 0.1) is 0 Å². The van der Waals surface area contributed by atoms with Gasteiger partial charge < -0.3 is 10.1 Å². The van der Waals surface area contributed by atoms with E-state index < -0.39 is 0 Å². The number of ether oxygens (including phenoxy) is 1. The molecule has 4 aromatic rings. The molecule has 0 radical (unpaired) electrons. The van der Waals surface area contributed by atoms with Crippen molar-refractivity contribution in [2.75, 3.05) is 13.2 Å². The van der Waals surface area contributed by atoms with Crippen LogP contribution in [-0.4, -0.2) is 38.4 Å². The first kappa shape index (κ1) is 20.6. The number of fused-ring (bicyclic) bond motifs is 2. The topological polar surface area (TPSA) is 64.9 Å². The zero-order valence-corrected chi connectivity index (χ0v) is 18.9. The molecule has 0 saturated carbocycles. The highest BCUT2D eigenvalue weighted by Crippen LogP contribution is 2.40. The maximum Gasteiger partial charge on any atom is 0.121 e. The Labute approximate surface area is 188 Å². The van der Waals surface area contributed by atoms with Gasteiger partial charge in [0.15, 0.2) is 0 Å². The quantitative estimate of drug-likeness (QED) is 0.445. The number of nitrogens with zero attached hydrogens (tertiary/aromatic N) is 4. The highest BCUT2D eigenvalue weighted by Gasteiger charge is 2.25. The van der Waals surface area contributed by atoms with Crippen molar-refractivity contribution in [2.24, 2.45) is 0 Å². The number of aromatic nitrogens is 4. The van der Waals surface area contributed by atoms with Gasteiger partial charge in [0.05, 0.1) is 11.2 Å². The predicted molar refractivity (Wildman–Crippen MR) is 128 cm³/mol. The molecule has 5 rings (SSSR count). The largest absolute Gasteiger partial charge is 0.492 e. The lowest BCUT2D eigenvalue weighted by Gasteiger charge is -2.20. The summed E-state index contributed by atoms with van der Waals surface area (Å²) >= 11 is 0. The number of hydrogen-bond acceptors (Lipinski definition) is 5. The zero-order chi connectivity index (χ0) is 22.1. The number of pyridine rings is 2. The third-order valence-electron chi connectivity index (χ3n) is 5.76. The Hall–Kier alpha value is -3.25. The molecule has 0 saturated heterocycles. The molecule has 0 spiro atoms. The average Bonchev–Trinajstić information content (AvgIpc) is 3.38. The summed E-state index contributed by atoms with van der Waals surface area (Å²) in [6.07, 6.45) is 5.86. The molecule has 3 aromatic heterocycles. The van der Waals surface area contributed by atoms with Crippen molar-refractivity contribution in [1.29, 1.82) is 0 Å². The van der Waals surface area contributed by atoms with Gasteiger partial charge in [-0.15, -0.1) is 0 Å². The monoisotopic (exact) mass is 427 g/mol. The molecular weight excluding hydrogens is 398 g/mol. The van der Waals surface area contributed by atoms with Gasteiger partial charge in [-0.1, -0.05) is 6.07 Å². The molecule has 6 heteroatoms. The number of nitrogens with one attached hydrogen (secondary N) is 1. The molecule has 32 heavy (non-hydrogen) atoms. The standard InChI is InChI=1S/C26H29N5O/c1-26(2,3)29-14-16-32-18-9-10-19-20(11-13-28-22(19)17-18)24-23-8-6-15-31(23)30-25(24)21-7-4-5-12-27-21/h4-5,7,9-13,17,29H,6,8,14-16H2,1-3H3. The summed E-state index contributed by atoms with van der Waals surface area (Å²) in [5.41, 5.74) is 6.47. The summed E-state index contributed by atoms with van der Waals surface area (Å²) in [7, 11) is 0. The van der Waals surface area contributed by atoms with E-state index in [0.717, 1.165) is 59.5 Å². The van der Waals surface area contributed by atoms with Crippen molar-refractivity contribution in [3.05, 3.63) is 60.6 Å². The molecule has 0 aliphatic carbocycles. The smallest absolute Gasteiger partial charge is 0.121 e. The zero-order valence-electron chi connectivity index (χ0n) is 18.9. The number of aryl methyl sites for hydroxylation is 1. The van der Waals surface area contributed by atoms with Gasteiger partial charge in [0.1, 0.15) is 18.1 Å². The first-order chi connectivity index (χ1) is 15.5. The molecule has 1 aliphatic rings. The molecular formula is C26H29N5O. The number of hydrogen-bond donors (Lipinski definition) is 1. The Balaban J connectivity index is 1.51. The van der Waals surface area contributed by atoms with Crippen LogP contribution in [0.4, 0.5) is 0 Å². The Bertz CT molecular complexity index is 1240. The van der Waals surface area contributed by atoms with Crippen molar-refractivity contribution in [3.63, 3.8) is 0 Å². The molecule has 0 fully saturated rings. The van der Waals surface area contributed by atoms with Crippen LogP contribution in [0.15, 0.2) is 54.9 Å². The fourth-order valence-corrected chi connectivity index (χ4v) is 4.33. The summed E-state index contributed by atoms with van der Waals surface area (Å²) in [5.74, 6) is 0.836. The van der Waals surface area contributed by atoms with Crippen LogP contribution in [0.5, 0.6) is 5.75 Å². The van der Waals surface area contributed by atoms with Crippen LogP contribution in [0.2, 0.25) is 0 Å². The molecule has 1 aliphatic heterocycles. The first-order valence-electron chi connectivity index (χ1n) is 11.3. The number of benzene rings is 1. The summed E-state index contributed by atoms with van der Waals surface area (Å²) in [6, 6.07) is 14.3. The maximum atomic E-state index is 5.98. The normalized spacial score (nSPS) is 13.5. The Morgan fingerprint density at radius 3 is 2.78 bits per heavy atom. The van der Waals surface area contributed by atoms with Gasteiger partial charge >= 0.3 is 0 Å². The van der Waals surface area contributed by atoms with E-state index in [1.54, 1.807) is 0 Å². The number of rotatable bonds is 6. The Morgan fingerprint density at radius 2 is 1.97 bits per heavy atom. The highest BCUT2D eigenvalue weighted by molar-refractivity contribution is 5.99. The minimum Gasteiger partial charge on any atom is -0.492 e. The Kier molecular flexibility index (Phi) is 5.39. The van der Waals surface area contributed by atoms with E-state index in [9.17, 15) is 0 Å². The molecule has 6 nitrogen and oxygen atoms in total. The lowest BCUT2D eigenvalue weighted by molar-refractivity contribution is 0.291. The van der Waals surface area contributed by atoms with Gasteiger partial charge in [0.25, 0.3) is 0 Å². The van der Waals surface area contributed by atoms with E-state index in [0.29, 0.717) is 6.61 Å². The van der Waals surface area contributed by atoms with Crippen LogP contribution >= 0.6 is 0 Å². The van der Waals surface area contributed by atoms with Gasteiger partial charge in [0, 0.05) is 53.7 Å². The minimum atomic E-state index is 0.0837. The van der Waals surface area contributed by atoms with Crippen molar-refractivity contribution in [1.82, 2.24) is 25.1 Å². The summed E-state index contributed by atoms with van der Waals surface area (Å²) in [6.45, 7) is 8.83. The lowest BCUT2D eigenvalue weighted by Crippen LogP contribution is -2.38. The molecule has 1 aromatic carbocycles. The van der Waals surface area contributed by atoms with Crippen LogP contribution in [0.25, 0.3) is 33.4 Å². The van der Waals surface area contributed by atoms with Crippen molar-refractivity contribution >= 4 is 10.9 Å². The summed E-state index contributed by atoms with van der Waals surface area (Å²) < 4.78 is 8.12. The molecule has 164 valence electrons. The van der Waals surface area contributed by atoms with E-state index in [1.807, 2.05) is 42.7 Å². The SMILES string of the molecule is CC(C)(C)NCCOc1ccc2c(-c3c(-c4ccccn4)nn4c3CCC4)ccnc2c1. The van der Waals surface area contributed by atoms with Crippen molar-refractivity contribution < 1.29 is 4.74 Å². The second-order valence-electron chi connectivity index (χ2n) is 9.27. The van der Waals surface area contributed by atoms with E-state index in [4.69, 9.17) is 9.84 Å². The van der Waals surface area contributed by atoms with Gasteiger partial charge in [-0.3, -0.25) is 14.6 Å². The molecule has 0 amide bonds. The van der Waals surface area contributed by atoms with Gasteiger partial charge in [-0.05, 0) is 69.5 Å². The van der Waals surface area contributed by atoms with Gasteiger partial charge in [-0.2, -0.15) is 5.10 Å².